The Morgan fingerprint density at radius 2 is 1.86 bits per heavy atom. The number of benzene rings is 1. The number of carbonyl (C=O) groups excluding carboxylic acids is 4. The van der Waals surface area contributed by atoms with Crippen LogP contribution in [0.5, 0.6) is 0 Å². The van der Waals surface area contributed by atoms with Crippen molar-refractivity contribution < 1.29 is 28.7 Å². The van der Waals surface area contributed by atoms with E-state index >= 15 is 0 Å². The number of β-lactam (4-membered cyclic amide) rings is 1. The van der Waals surface area contributed by atoms with E-state index in [0.29, 0.717) is 11.6 Å². The number of anilines is 1. The van der Waals surface area contributed by atoms with E-state index in [-0.39, 0.29) is 12.6 Å². The number of alkyl halides is 3. The van der Waals surface area contributed by atoms with Gasteiger partial charge >= 0.3 is 12.1 Å². The fourth-order valence-corrected chi connectivity index (χ4v) is 6.26. The molecule has 2 saturated heterocycles. The number of rotatable bonds is 8. The van der Waals surface area contributed by atoms with E-state index < -0.39 is 56.5 Å². The summed E-state index contributed by atoms with van der Waals surface area (Å²) < 4.78 is 8.25. The number of esters is 1. The van der Waals surface area contributed by atoms with Crippen LogP contribution in [0.3, 0.4) is 0 Å². The lowest BCUT2D eigenvalue weighted by atomic mass is 9.96. The van der Waals surface area contributed by atoms with Crippen molar-refractivity contribution in [1.29, 1.82) is 0 Å². The third-order valence-electron chi connectivity index (χ3n) is 6.52. The number of hydrogen-bond donors (Lipinski definition) is 1. The molecule has 3 fully saturated rings. The van der Waals surface area contributed by atoms with E-state index in [1.165, 1.54) is 21.6 Å². The van der Waals surface area contributed by atoms with Gasteiger partial charge in [-0.3, -0.25) is 14.5 Å². The van der Waals surface area contributed by atoms with Crippen molar-refractivity contribution >= 4 is 76.1 Å². The van der Waals surface area contributed by atoms with Crippen molar-refractivity contribution in [3.05, 3.63) is 30.3 Å². The van der Waals surface area contributed by atoms with Gasteiger partial charge in [-0.05, 0) is 51.7 Å². The molecule has 1 aromatic rings. The number of thioether (sulfide) groups is 1. The number of amides is 3. The quantitative estimate of drug-likeness (QED) is 0.277. The van der Waals surface area contributed by atoms with Gasteiger partial charge in [0.25, 0.3) is 0 Å². The van der Waals surface area contributed by atoms with Crippen LogP contribution in [-0.4, -0.2) is 74.0 Å². The molecule has 3 unspecified atom stereocenters. The van der Waals surface area contributed by atoms with Crippen molar-refractivity contribution in [2.24, 2.45) is 5.92 Å². The Hall–Kier alpha value is -1.88. The first-order valence-corrected chi connectivity index (χ1v) is 13.9. The van der Waals surface area contributed by atoms with Gasteiger partial charge in [0, 0.05) is 10.4 Å². The van der Waals surface area contributed by atoms with Crippen LogP contribution in [0.15, 0.2) is 30.3 Å². The first kappa shape index (κ1) is 28.1. The molecule has 1 N–H and O–H groups in total. The average molecular weight is 593 g/mol. The summed E-state index contributed by atoms with van der Waals surface area (Å²) in [5.41, 5.74) is 0.500. The summed E-state index contributed by atoms with van der Waals surface area (Å²) >= 11 is 18.4. The van der Waals surface area contributed by atoms with E-state index in [2.05, 4.69) is 5.32 Å². The van der Waals surface area contributed by atoms with Crippen LogP contribution >= 0.6 is 46.6 Å². The largest absolute Gasteiger partial charge is 0.460 e. The molecule has 13 heteroatoms. The van der Waals surface area contributed by atoms with E-state index in [1.54, 1.807) is 44.2 Å². The first-order chi connectivity index (χ1) is 17.3. The minimum atomic E-state index is -1.78. The van der Waals surface area contributed by atoms with E-state index in [9.17, 15) is 19.2 Å². The molecular weight excluding hydrogens is 565 g/mol. The summed E-state index contributed by atoms with van der Waals surface area (Å²) in [5.74, 6) is -1.31. The van der Waals surface area contributed by atoms with Gasteiger partial charge in [-0.25, -0.2) is 9.59 Å². The van der Waals surface area contributed by atoms with Crippen molar-refractivity contribution in [3.8, 4) is 0 Å². The van der Waals surface area contributed by atoms with Gasteiger partial charge in [-0.2, -0.15) is 0 Å². The van der Waals surface area contributed by atoms with Gasteiger partial charge < -0.3 is 19.7 Å². The minimum absolute atomic E-state index is 0.251. The molecule has 1 saturated carbocycles. The Morgan fingerprint density at radius 1 is 1.22 bits per heavy atom. The Morgan fingerprint density at radius 3 is 2.46 bits per heavy atom. The maximum absolute atomic E-state index is 13.0. The third kappa shape index (κ3) is 6.41. The van der Waals surface area contributed by atoms with Gasteiger partial charge in [0.2, 0.25) is 15.6 Å². The number of nitrogens with zero attached hydrogens (tertiary/aromatic N) is 2. The zero-order valence-electron chi connectivity index (χ0n) is 20.5. The maximum atomic E-state index is 13.0. The van der Waals surface area contributed by atoms with Crippen LogP contribution < -0.4 is 10.2 Å². The predicted octanol–water partition coefficient (Wildman–Crippen LogP) is 3.89. The summed E-state index contributed by atoms with van der Waals surface area (Å²) in [4.78, 5) is 54.3. The fourth-order valence-electron chi connectivity index (χ4n) is 4.47. The van der Waals surface area contributed by atoms with Crippen molar-refractivity contribution in [2.75, 3.05) is 18.1 Å². The number of ether oxygens (including phenoxy) is 2. The van der Waals surface area contributed by atoms with Gasteiger partial charge in [0.1, 0.15) is 36.7 Å². The molecule has 4 rings (SSSR count). The van der Waals surface area contributed by atoms with Crippen molar-refractivity contribution in [1.82, 2.24) is 10.2 Å². The molecule has 0 radical (unpaired) electrons. The molecule has 4 atom stereocenters. The van der Waals surface area contributed by atoms with Crippen LogP contribution in [0.4, 0.5) is 10.5 Å². The van der Waals surface area contributed by atoms with E-state index in [1.807, 2.05) is 6.92 Å². The molecule has 2 aliphatic heterocycles. The molecule has 9 nitrogen and oxygen atoms in total. The number of halogens is 3. The highest BCUT2D eigenvalue weighted by atomic mass is 35.6. The monoisotopic (exact) mass is 591 g/mol. The van der Waals surface area contributed by atoms with Crippen LogP contribution in [0.1, 0.15) is 33.6 Å². The Bertz CT molecular complexity index is 1070. The lowest BCUT2D eigenvalue weighted by molar-refractivity contribution is -0.164. The van der Waals surface area contributed by atoms with Gasteiger partial charge in [-0.1, -0.05) is 53.0 Å². The highest BCUT2D eigenvalue weighted by Crippen LogP contribution is 2.51. The number of hydrogen-bond acceptors (Lipinski definition) is 7. The second-order valence-electron chi connectivity index (χ2n) is 9.88. The van der Waals surface area contributed by atoms with Crippen LogP contribution in [0.25, 0.3) is 0 Å². The second-order valence-corrected chi connectivity index (χ2v) is 14.2. The maximum Gasteiger partial charge on any atom is 0.415 e. The smallest absolute Gasteiger partial charge is 0.415 e. The summed E-state index contributed by atoms with van der Waals surface area (Å²) in [6, 6.07) is 6.95. The molecule has 2 heterocycles. The Labute approximate surface area is 234 Å². The highest BCUT2D eigenvalue weighted by Gasteiger charge is 2.64. The van der Waals surface area contributed by atoms with Crippen LogP contribution in [0.2, 0.25) is 0 Å². The fraction of sp³-hybridized carbons (Fsp3) is 0.583. The van der Waals surface area contributed by atoms with Crippen LogP contribution in [-0.2, 0) is 23.9 Å². The van der Waals surface area contributed by atoms with Crippen molar-refractivity contribution in [2.45, 2.75) is 65.7 Å². The average Bonchev–Trinajstić information content (AvgIpc) is 3.64. The number of para-hydroxylation sites is 1. The summed E-state index contributed by atoms with van der Waals surface area (Å²) in [6.07, 6.45) is 1.14. The summed E-state index contributed by atoms with van der Waals surface area (Å²) in [6.45, 7) is 4.66. The molecule has 0 aromatic heterocycles. The van der Waals surface area contributed by atoms with Gasteiger partial charge in [-0.15, -0.1) is 11.8 Å². The molecule has 3 amide bonds. The number of fused-ring (bicyclic) bond motifs is 1. The highest BCUT2D eigenvalue weighted by molar-refractivity contribution is 8.01. The Balaban J connectivity index is 1.41. The lowest BCUT2D eigenvalue weighted by Crippen LogP contribution is -2.71. The molecule has 3 aliphatic rings. The molecular formula is C24H28Cl3N3O6S. The Kier molecular flexibility index (Phi) is 8.14. The lowest BCUT2D eigenvalue weighted by Gasteiger charge is -2.44. The third-order valence-corrected chi connectivity index (χ3v) is 8.42. The molecule has 1 aliphatic carbocycles. The number of carbonyl (C=O) groups is 4. The van der Waals surface area contributed by atoms with Crippen LogP contribution in [0, 0.1) is 5.92 Å². The van der Waals surface area contributed by atoms with Gasteiger partial charge in [0.05, 0.1) is 0 Å². The SMILES string of the molecule is CC(OC(=O)N(CC(=O)NC1C(=O)N2C(C(=O)OCC(Cl)(Cl)Cl)C(C)(C)S[C@H]12)c1ccccc1)C1CC1. The minimum Gasteiger partial charge on any atom is -0.460 e. The molecule has 37 heavy (non-hydrogen) atoms. The summed E-state index contributed by atoms with van der Waals surface area (Å²) in [5, 5.41) is 2.24. The van der Waals surface area contributed by atoms with E-state index in [0.717, 1.165) is 12.8 Å². The molecule has 1 aromatic carbocycles. The first-order valence-electron chi connectivity index (χ1n) is 11.8. The molecule has 0 spiro atoms. The summed E-state index contributed by atoms with van der Waals surface area (Å²) in [7, 11) is 0. The van der Waals surface area contributed by atoms with Crippen molar-refractivity contribution in [3.63, 3.8) is 0 Å². The second kappa shape index (κ2) is 10.7. The number of nitrogens with one attached hydrogen (secondary N) is 1. The topological polar surface area (TPSA) is 105 Å². The normalized spacial score (nSPS) is 25.0. The standard InChI is InChI=1S/C24H28Cl3N3O6S/c1-13(14-9-10-14)36-22(34)29(15-7-5-4-6-8-15)11-16(31)28-17-19(32)30-18(23(2,3)37-20(17)30)21(33)35-12-24(25,26)27/h4-8,13-14,17-18,20H,9-12H2,1-3H3,(H,28,31)/t13?,17?,18?,20-/m1/s1. The molecule has 0 bridgehead atoms. The van der Waals surface area contributed by atoms with E-state index in [4.69, 9.17) is 44.3 Å². The predicted molar refractivity (Wildman–Crippen MR) is 142 cm³/mol. The van der Waals surface area contributed by atoms with Gasteiger partial charge in [0.15, 0.2) is 0 Å². The molecule has 202 valence electrons. The zero-order chi connectivity index (χ0) is 27.1. The zero-order valence-corrected chi connectivity index (χ0v) is 23.6.